The molecule has 5 heteroatoms. The molecule has 0 spiro atoms. The second-order valence-corrected chi connectivity index (χ2v) is 7.87. The van der Waals surface area contributed by atoms with Crippen LogP contribution in [0, 0.1) is 11.3 Å². The largest absolute Gasteiger partial charge is 0.330 e. The predicted molar refractivity (Wildman–Crippen MR) is 80.4 cm³/mol. The average molecular weight is 290 g/mol. The first-order valence-corrected chi connectivity index (χ1v) is 9.29. The Morgan fingerprint density at radius 1 is 1.16 bits per heavy atom. The summed E-state index contributed by atoms with van der Waals surface area (Å²) in [6.07, 6.45) is 7.55. The van der Waals surface area contributed by atoms with Gasteiger partial charge in [0.25, 0.3) is 0 Å². The lowest BCUT2D eigenvalue weighted by Gasteiger charge is -2.30. The molecule has 1 fully saturated rings. The Labute approximate surface area is 118 Å². The Balaban J connectivity index is 2.49. The minimum Gasteiger partial charge on any atom is -0.330 e. The van der Waals surface area contributed by atoms with Gasteiger partial charge in [0, 0.05) is 6.54 Å². The van der Waals surface area contributed by atoms with Crippen LogP contribution in [0.25, 0.3) is 0 Å². The molecule has 19 heavy (non-hydrogen) atoms. The van der Waals surface area contributed by atoms with E-state index in [4.69, 9.17) is 5.73 Å². The van der Waals surface area contributed by atoms with Gasteiger partial charge in [0.15, 0.2) is 0 Å². The molecule has 1 rings (SSSR count). The minimum atomic E-state index is -3.15. The molecule has 0 saturated heterocycles. The number of nitrogens with two attached hydrogens (primary N) is 1. The molecule has 0 amide bonds. The lowest BCUT2D eigenvalue weighted by atomic mass is 9.83. The van der Waals surface area contributed by atoms with Crippen LogP contribution in [0.1, 0.15) is 58.8 Å². The average Bonchev–Trinajstić information content (AvgIpc) is 2.41. The molecule has 0 heterocycles. The summed E-state index contributed by atoms with van der Waals surface area (Å²) in [7, 11) is -3.15. The summed E-state index contributed by atoms with van der Waals surface area (Å²) < 4.78 is 27.1. The Bertz CT molecular complexity index is 336. The Morgan fingerprint density at radius 2 is 1.74 bits per heavy atom. The highest BCUT2D eigenvalue weighted by atomic mass is 32.2. The minimum absolute atomic E-state index is 0.0837. The van der Waals surface area contributed by atoms with Crippen LogP contribution in [0.4, 0.5) is 0 Å². The van der Waals surface area contributed by atoms with Gasteiger partial charge in [-0.15, -0.1) is 0 Å². The van der Waals surface area contributed by atoms with Crippen molar-refractivity contribution in [3.63, 3.8) is 0 Å². The maximum atomic E-state index is 12.1. The standard InChI is InChI=1S/C14H30N2O2S/c1-3-14(4-2,11-15)12-16-19(17,18)10-13-8-6-5-7-9-13/h13,16H,3-12,15H2,1-2H3. The van der Waals surface area contributed by atoms with Crippen molar-refractivity contribution in [2.45, 2.75) is 58.8 Å². The van der Waals surface area contributed by atoms with E-state index < -0.39 is 10.0 Å². The summed E-state index contributed by atoms with van der Waals surface area (Å²) in [5.41, 5.74) is 5.72. The van der Waals surface area contributed by atoms with Crippen LogP contribution in [0.5, 0.6) is 0 Å². The normalized spacial score (nSPS) is 18.7. The monoisotopic (exact) mass is 290 g/mol. The molecule has 3 N–H and O–H groups in total. The van der Waals surface area contributed by atoms with E-state index >= 15 is 0 Å². The lowest BCUT2D eigenvalue weighted by molar-refractivity contribution is 0.274. The number of hydrogen-bond acceptors (Lipinski definition) is 3. The highest BCUT2D eigenvalue weighted by Crippen LogP contribution is 2.26. The van der Waals surface area contributed by atoms with Crippen LogP contribution in [-0.2, 0) is 10.0 Å². The zero-order valence-electron chi connectivity index (χ0n) is 12.5. The van der Waals surface area contributed by atoms with Gasteiger partial charge >= 0.3 is 0 Å². The van der Waals surface area contributed by atoms with Crippen LogP contribution in [0.3, 0.4) is 0 Å². The zero-order chi connectivity index (χ0) is 14.4. The Kier molecular flexibility index (Phi) is 6.77. The topological polar surface area (TPSA) is 72.2 Å². The molecule has 0 radical (unpaired) electrons. The number of sulfonamides is 1. The highest BCUT2D eigenvalue weighted by molar-refractivity contribution is 7.89. The Hall–Kier alpha value is -0.130. The van der Waals surface area contributed by atoms with Crippen LogP contribution < -0.4 is 10.5 Å². The van der Waals surface area contributed by atoms with Crippen molar-refractivity contribution in [2.24, 2.45) is 17.1 Å². The van der Waals surface area contributed by atoms with E-state index in [1.165, 1.54) is 19.3 Å². The van der Waals surface area contributed by atoms with Gasteiger partial charge < -0.3 is 5.73 Å². The van der Waals surface area contributed by atoms with Crippen LogP contribution in [-0.4, -0.2) is 27.3 Å². The van der Waals surface area contributed by atoms with E-state index in [9.17, 15) is 8.42 Å². The van der Waals surface area contributed by atoms with Gasteiger partial charge in [0.2, 0.25) is 10.0 Å². The van der Waals surface area contributed by atoms with Gasteiger partial charge in [-0.1, -0.05) is 33.1 Å². The van der Waals surface area contributed by atoms with Gasteiger partial charge in [-0.3, -0.25) is 0 Å². The fourth-order valence-corrected chi connectivity index (χ4v) is 4.44. The van der Waals surface area contributed by atoms with E-state index in [1.807, 2.05) is 0 Å². The molecular formula is C14H30N2O2S. The van der Waals surface area contributed by atoms with Crippen molar-refractivity contribution >= 4 is 10.0 Å². The summed E-state index contributed by atoms with van der Waals surface area (Å²) in [5, 5.41) is 0. The third-order valence-corrected chi connectivity index (χ3v) is 6.27. The summed E-state index contributed by atoms with van der Waals surface area (Å²) in [6, 6.07) is 0. The third-order valence-electron chi connectivity index (χ3n) is 4.78. The van der Waals surface area contributed by atoms with Crippen molar-refractivity contribution in [1.29, 1.82) is 0 Å². The number of rotatable bonds is 8. The molecule has 0 aromatic carbocycles. The van der Waals surface area contributed by atoms with Gasteiger partial charge in [0.1, 0.15) is 0 Å². The van der Waals surface area contributed by atoms with E-state index in [0.29, 0.717) is 24.8 Å². The van der Waals surface area contributed by atoms with Crippen molar-refractivity contribution < 1.29 is 8.42 Å². The number of hydrogen-bond donors (Lipinski definition) is 2. The maximum Gasteiger partial charge on any atom is 0.211 e. The van der Waals surface area contributed by atoms with Gasteiger partial charge in [-0.2, -0.15) is 0 Å². The van der Waals surface area contributed by atoms with E-state index in [-0.39, 0.29) is 5.41 Å². The van der Waals surface area contributed by atoms with E-state index in [2.05, 4.69) is 18.6 Å². The van der Waals surface area contributed by atoms with Crippen molar-refractivity contribution in [3.05, 3.63) is 0 Å². The van der Waals surface area contributed by atoms with Crippen LogP contribution in [0.15, 0.2) is 0 Å². The zero-order valence-corrected chi connectivity index (χ0v) is 13.3. The van der Waals surface area contributed by atoms with Crippen molar-refractivity contribution in [3.8, 4) is 0 Å². The quantitative estimate of drug-likeness (QED) is 0.720. The summed E-state index contributed by atoms with van der Waals surface area (Å²) >= 11 is 0. The Morgan fingerprint density at radius 3 is 2.21 bits per heavy atom. The maximum absolute atomic E-state index is 12.1. The summed E-state index contributed by atoms with van der Waals surface area (Å²) in [5.74, 6) is 0.642. The highest BCUT2D eigenvalue weighted by Gasteiger charge is 2.28. The second-order valence-electron chi connectivity index (χ2n) is 6.02. The molecule has 0 aromatic rings. The second kappa shape index (κ2) is 7.60. The molecule has 1 aliphatic carbocycles. The molecule has 0 atom stereocenters. The molecule has 0 aliphatic heterocycles. The van der Waals surface area contributed by atoms with Gasteiger partial charge in [0.05, 0.1) is 5.75 Å². The smallest absolute Gasteiger partial charge is 0.211 e. The SMILES string of the molecule is CCC(CC)(CN)CNS(=O)(=O)CC1CCCCC1. The molecule has 0 aromatic heterocycles. The fraction of sp³-hybridized carbons (Fsp3) is 1.00. The molecular weight excluding hydrogens is 260 g/mol. The first-order valence-electron chi connectivity index (χ1n) is 7.64. The first kappa shape index (κ1) is 16.9. The lowest BCUT2D eigenvalue weighted by Crippen LogP contribution is -2.43. The molecule has 1 aliphatic rings. The van der Waals surface area contributed by atoms with Crippen LogP contribution in [0.2, 0.25) is 0 Å². The van der Waals surface area contributed by atoms with E-state index in [0.717, 1.165) is 25.7 Å². The summed E-state index contributed by atoms with van der Waals surface area (Å²) in [6.45, 7) is 5.16. The van der Waals surface area contributed by atoms with E-state index in [1.54, 1.807) is 0 Å². The predicted octanol–water partition coefficient (Wildman–Crippen LogP) is 2.25. The third kappa shape index (κ3) is 5.40. The molecule has 0 bridgehead atoms. The molecule has 114 valence electrons. The number of nitrogens with one attached hydrogen (secondary N) is 1. The molecule has 1 saturated carbocycles. The fourth-order valence-electron chi connectivity index (χ4n) is 2.85. The summed E-state index contributed by atoms with van der Waals surface area (Å²) in [4.78, 5) is 0. The van der Waals surface area contributed by atoms with Crippen molar-refractivity contribution in [2.75, 3.05) is 18.8 Å². The van der Waals surface area contributed by atoms with Gasteiger partial charge in [-0.25, -0.2) is 13.1 Å². The molecule has 4 nitrogen and oxygen atoms in total. The van der Waals surface area contributed by atoms with Gasteiger partial charge in [-0.05, 0) is 43.6 Å². The van der Waals surface area contributed by atoms with Crippen molar-refractivity contribution in [1.82, 2.24) is 4.72 Å². The van der Waals surface area contributed by atoms with Crippen LogP contribution >= 0.6 is 0 Å². The first-order chi connectivity index (χ1) is 8.97. The molecule has 0 unspecified atom stereocenters.